The predicted molar refractivity (Wildman–Crippen MR) is 143 cm³/mol. The lowest BCUT2D eigenvalue weighted by molar-refractivity contribution is -0.137. The minimum Gasteiger partial charge on any atom is -0.370 e. The summed E-state index contributed by atoms with van der Waals surface area (Å²) in [4.78, 5) is 34.2. The quantitative estimate of drug-likeness (QED) is 0.419. The molecule has 0 unspecified atom stereocenters. The Kier molecular flexibility index (Phi) is 8.26. The van der Waals surface area contributed by atoms with E-state index in [0.717, 1.165) is 62.3 Å². The summed E-state index contributed by atoms with van der Waals surface area (Å²) in [7, 11) is 0. The highest BCUT2D eigenvalue weighted by Gasteiger charge is 2.32. The molecule has 0 atom stereocenters. The van der Waals surface area contributed by atoms with Gasteiger partial charge in [0.2, 0.25) is 5.91 Å². The molecule has 1 aromatic carbocycles. The van der Waals surface area contributed by atoms with Crippen molar-refractivity contribution < 1.29 is 22.8 Å². The number of carbonyl (C=O) groups excluding carboxylic acids is 2. The molecule has 0 bridgehead atoms. The molecule has 6 nitrogen and oxygen atoms in total. The molecule has 1 aromatic heterocycles. The van der Waals surface area contributed by atoms with Crippen molar-refractivity contribution >= 4 is 34.5 Å². The fraction of sp³-hybridized carbons (Fsp3) is 0.607. The maximum absolute atomic E-state index is 13.4. The van der Waals surface area contributed by atoms with Gasteiger partial charge in [0.05, 0.1) is 21.9 Å². The van der Waals surface area contributed by atoms with Gasteiger partial charge in [-0.15, -0.1) is 11.3 Å². The van der Waals surface area contributed by atoms with Gasteiger partial charge >= 0.3 is 6.18 Å². The second kappa shape index (κ2) is 11.6. The van der Waals surface area contributed by atoms with Crippen molar-refractivity contribution in [2.75, 3.05) is 36.4 Å². The normalized spacial score (nSPS) is 19.3. The average Bonchev–Trinajstić information content (AvgIpc) is 3.69. The van der Waals surface area contributed by atoms with Crippen LogP contribution in [0.5, 0.6) is 0 Å². The summed E-state index contributed by atoms with van der Waals surface area (Å²) in [5.41, 5.74) is 0.180. The van der Waals surface area contributed by atoms with E-state index in [-0.39, 0.29) is 23.2 Å². The highest BCUT2D eigenvalue weighted by Crippen LogP contribution is 2.37. The molecule has 10 heteroatoms. The average molecular weight is 549 g/mol. The summed E-state index contributed by atoms with van der Waals surface area (Å²) in [5.74, 6) is 0.615. The number of rotatable bonds is 7. The Hall–Kier alpha value is -2.62. The third-order valence-electron chi connectivity index (χ3n) is 8.21. The Balaban J connectivity index is 1.19. The first-order valence-electron chi connectivity index (χ1n) is 13.8. The first kappa shape index (κ1) is 27.0. The Morgan fingerprint density at radius 3 is 2.39 bits per heavy atom. The van der Waals surface area contributed by atoms with Crippen molar-refractivity contribution in [2.45, 2.75) is 76.3 Å². The molecule has 3 aliphatic rings. The minimum absolute atomic E-state index is 0.158. The zero-order chi connectivity index (χ0) is 26.7. The first-order chi connectivity index (χ1) is 18.3. The molecule has 0 radical (unpaired) electrons. The number of hydrogen-bond acceptors (Lipinski definition) is 5. The monoisotopic (exact) mass is 548 g/mol. The number of benzene rings is 1. The van der Waals surface area contributed by atoms with Gasteiger partial charge in [-0.3, -0.25) is 9.59 Å². The van der Waals surface area contributed by atoms with Gasteiger partial charge in [0.15, 0.2) is 0 Å². The zero-order valence-corrected chi connectivity index (χ0v) is 22.4. The lowest BCUT2D eigenvalue weighted by atomic mass is 9.96. The number of amides is 2. The van der Waals surface area contributed by atoms with Crippen molar-refractivity contribution in [1.82, 2.24) is 9.88 Å². The molecule has 2 aliphatic heterocycles. The fourth-order valence-corrected chi connectivity index (χ4v) is 6.94. The van der Waals surface area contributed by atoms with E-state index in [1.807, 2.05) is 9.80 Å². The molecule has 3 heterocycles. The molecule has 206 valence electrons. The van der Waals surface area contributed by atoms with Crippen LogP contribution in [0.4, 0.5) is 24.5 Å². The number of likely N-dealkylation sites (tertiary alicyclic amines) is 1. The Morgan fingerprint density at radius 1 is 1.00 bits per heavy atom. The Labute approximate surface area is 225 Å². The van der Waals surface area contributed by atoms with Crippen molar-refractivity contribution in [3.63, 3.8) is 0 Å². The van der Waals surface area contributed by atoms with E-state index in [2.05, 4.69) is 10.3 Å². The van der Waals surface area contributed by atoms with Gasteiger partial charge in [0, 0.05) is 43.9 Å². The number of nitrogens with one attached hydrogen (secondary N) is 1. The summed E-state index contributed by atoms with van der Waals surface area (Å²) in [6, 6.07) is 3.52. The highest BCUT2D eigenvalue weighted by atomic mass is 32.1. The molecule has 2 aromatic rings. The van der Waals surface area contributed by atoms with Gasteiger partial charge in [-0.25, -0.2) is 4.98 Å². The van der Waals surface area contributed by atoms with Crippen LogP contribution in [0.15, 0.2) is 23.6 Å². The lowest BCUT2D eigenvalue weighted by Crippen LogP contribution is -2.38. The van der Waals surface area contributed by atoms with Crippen molar-refractivity contribution in [3.8, 4) is 0 Å². The van der Waals surface area contributed by atoms with E-state index in [1.165, 1.54) is 43.1 Å². The molecular formula is C28H35F3N4O2S. The predicted octanol–water partition coefficient (Wildman–Crippen LogP) is 6.69. The SMILES string of the molecule is O=C(Nc1cc(C(F)(F)F)ccc1N1CCCC1)c1csc(C2CCN(C(=O)CCC3CCCC3)CC2)n1. The molecule has 5 rings (SSSR count). The number of piperidine rings is 1. The van der Waals surface area contributed by atoms with Gasteiger partial charge in [-0.1, -0.05) is 25.7 Å². The number of nitrogens with zero attached hydrogens (tertiary/aromatic N) is 3. The summed E-state index contributed by atoms with van der Waals surface area (Å²) in [6.07, 6.45) is 5.75. The molecule has 2 amide bonds. The van der Waals surface area contributed by atoms with Crippen molar-refractivity contribution in [3.05, 3.63) is 39.8 Å². The molecule has 3 fully saturated rings. The Morgan fingerprint density at radius 2 is 1.71 bits per heavy atom. The number of alkyl halides is 3. The zero-order valence-electron chi connectivity index (χ0n) is 21.6. The van der Waals surface area contributed by atoms with Crippen LogP contribution in [0.2, 0.25) is 0 Å². The number of aromatic nitrogens is 1. The van der Waals surface area contributed by atoms with E-state index < -0.39 is 17.6 Å². The van der Waals surface area contributed by atoms with Crippen LogP contribution in [-0.2, 0) is 11.0 Å². The molecule has 1 aliphatic carbocycles. The number of carbonyl (C=O) groups is 2. The first-order valence-corrected chi connectivity index (χ1v) is 14.7. The number of anilines is 2. The van der Waals surface area contributed by atoms with Crippen LogP contribution in [0.1, 0.15) is 91.2 Å². The van der Waals surface area contributed by atoms with Gasteiger partial charge in [0.25, 0.3) is 5.91 Å². The van der Waals surface area contributed by atoms with E-state index in [4.69, 9.17) is 0 Å². The van der Waals surface area contributed by atoms with Crippen LogP contribution in [0.3, 0.4) is 0 Å². The topological polar surface area (TPSA) is 65.5 Å². The van der Waals surface area contributed by atoms with Gasteiger partial charge in [-0.2, -0.15) is 13.2 Å². The highest BCUT2D eigenvalue weighted by molar-refractivity contribution is 7.10. The van der Waals surface area contributed by atoms with Gasteiger partial charge < -0.3 is 15.1 Å². The summed E-state index contributed by atoms with van der Waals surface area (Å²) in [6.45, 7) is 2.88. The fourth-order valence-electron chi connectivity index (χ4n) is 5.97. The summed E-state index contributed by atoms with van der Waals surface area (Å²) in [5, 5.41) is 5.22. The third kappa shape index (κ3) is 6.33. The van der Waals surface area contributed by atoms with Crippen molar-refractivity contribution in [2.24, 2.45) is 5.92 Å². The largest absolute Gasteiger partial charge is 0.416 e. The molecule has 1 saturated carbocycles. The van der Waals surface area contributed by atoms with E-state index in [0.29, 0.717) is 31.1 Å². The number of hydrogen-bond donors (Lipinski definition) is 1. The number of halogens is 3. The van der Waals surface area contributed by atoms with Crippen LogP contribution in [0.25, 0.3) is 0 Å². The van der Waals surface area contributed by atoms with Crippen LogP contribution >= 0.6 is 11.3 Å². The van der Waals surface area contributed by atoms with E-state index in [1.54, 1.807) is 5.38 Å². The maximum Gasteiger partial charge on any atom is 0.416 e. The van der Waals surface area contributed by atoms with Gasteiger partial charge in [-0.05, 0) is 56.2 Å². The summed E-state index contributed by atoms with van der Waals surface area (Å²) >= 11 is 1.40. The third-order valence-corrected chi connectivity index (χ3v) is 9.22. The summed E-state index contributed by atoms with van der Waals surface area (Å²) < 4.78 is 40.1. The van der Waals surface area contributed by atoms with E-state index >= 15 is 0 Å². The molecule has 1 N–H and O–H groups in total. The Bertz CT molecular complexity index is 1130. The smallest absolute Gasteiger partial charge is 0.370 e. The molecule has 2 saturated heterocycles. The van der Waals surface area contributed by atoms with Crippen LogP contribution in [-0.4, -0.2) is 47.9 Å². The lowest BCUT2D eigenvalue weighted by Gasteiger charge is -2.31. The van der Waals surface area contributed by atoms with E-state index in [9.17, 15) is 22.8 Å². The van der Waals surface area contributed by atoms with Crippen LogP contribution in [0, 0.1) is 5.92 Å². The number of thiazole rings is 1. The van der Waals surface area contributed by atoms with Gasteiger partial charge in [0.1, 0.15) is 5.69 Å². The second-order valence-electron chi connectivity index (χ2n) is 10.8. The molecule has 38 heavy (non-hydrogen) atoms. The van der Waals surface area contributed by atoms with Crippen LogP contribution < -0.4 is 10.2 Å². The van der Waals surface area contributed by atoms with Crippen molar-refractivity contribution in [1.29, 1.82) is 0 Å². The minimum atomic E-state index is -4.50. The molecule has 0 spiro atoms. The second-order valence-corrected chi connectivity index (χ2v) is 11.7. The molecular weight excluding hydrogens is 513 g/mol. The maximum atomic E-state index is 13.4. The standard InChI is InChI=1S/C28H35F3N4O2S/c29-28(30,31)21-8-9-24(34-13-3-4-14-34)22(17-21)32-26(37)23-18-38-27(33-23)20-11-15-35(16-12-20)25(36)10-7-19-5-1-2-6-19/h8-9,17-20H,1-7,10-16H2,(H,32,37).